The second-order valence-electron chi connectivity index (χ2n) is 2.17. The molecule has 1 aliphatic heterocycles. The third-order valence-corrected chi connectivity index (χ3v) is 1.90. The highest BCUT2D eigenvalue weighted by Gasteiger charge is 2.14. The van der Waals surface area contributed by atoms with Gasteiger partial charge >= 0.3 is 5.97 Å². The summed E-state index contributed by atoms with van der Waals surface area (Å²) in [4.78, 5) is 10.5. The van der Waals surface area contributed by atoms with Crippen LogP contribution in [0.1, 0.15) is 12.8 Å². The maximum Gasteiger partial charge on any atom is 0.331 e. The van der Waals surface area contributed by atoms with Crippen LogP contribution in [0.3, 0.4) is 0 Å². The van der Waals surface area contributed by atoms with Crippen molar-refractivity contribution < 1.29 is 9.53 Å². The van der Waals surface area contributed by atoms with Crippen LogP contribution in [0.2, 0.25) is 0 Å². The van der Waals surface area contributed by atoms with Crippen LogP contribution in [-0.4, -0.2) is 17.4 Å². The molecule has 0 aromatic rings. The second kappa shape index (κ2) is 3.76. The molecule has 1 rings (SSSR count). The lowest BCUT2D eigenvalue weighted by Crippen LogP contribution is -2.07. The number of cyclic esters (lactones) is 1. The van der Waals surface area contributed by atoms with E-state index >= 15 is 0 Å². The van der Waals surface area contributed by atoms with Gasteiger partial charge in [-0.2, -0.15) is 0 Å². The lowest BCUT2D eigenvalue weighted by molar-refractivity contribution is -0.138. The van der Waals surface area contributed by atoms with Crippen LogP contribution >= 0.6 is 15.9 Å². The van der Waals surface area contributed by atoms with Gasteiger partial charge in [0.05, 0.1) is 0 Å². The van der Waals surface area contributed by atoms with Crippen molar-refractivity contribution in [3.63, 3.8) is 0 Å². The third kappa shape index (κ3) is 2.14. The highest BCUT2D eigenvalue weighted by molar-refractivity contribution is 9.09. The van der Waals surface area contributed by atoms with Gasteiger partial charge in [-0.05, 0) is 18.9 Å². The Labute approximate surface area is 68.4 Å². The van der Waals surface area contributed by atoms with Crippen LogP contribution in [0.5, 0.6) is 0 Å². The molecular formula is C7H9BrO2. The zero-order valence-electron chi connectivity index (χ0n) is 5.55. The van der Waals surface area contributed by atoms with Gasteiger partial charge in [0.15, 0.2) is 0 Å². The predicted octanol–water partition coefficient (Wildman–Crippen LogP) is 1.64. The number of carbonyl (C=O) groups excluding carboxylic acids is 1. The van der Waals surface area contributed by atoms with Crippen LogP contribution in [-0.2, 0) is 9.53 Å². The van der Waals surface area contributed by atoms with E-state index in [1.165, 1.54) is 6.08 Å². The molecule has 0 spiro atoms. The number of esters is 1. The normalized spacial score (nSPS) is 23.3. The largest absolute Gasteiger partial charge is 0.455 e. The van der Waals surface area contributed by atoms with E-state index in [0.29, 0.717) is 0 Å². The van der Waals surface area contributed by atoms with E-state index in [2.05, 4.69) is 15.9 Å². The fourth-order valence-corrected chi connectivity index (χ4v) is 1.17. The molecule has 0 aromatic heterocycles. The monoisotopic (exact) mass is 204 g/mol. The molecule has 56 valence electrons. The number of hydrogen-bond donors (Lipinski definition) is 0. The van der Waals surface area contributed by atoms with Gasteiger partial charge in [-0.1, -0.05) is 15.9 Å². The molecule has 0 aromatic carbocycles. The van der Waals surface area contributed by atoms with E-state index in [4.69, 9.17) is 4.74 Å². The van der Waals surface area contributed by atoms with Crippen molar-refractivity contribution in [2.45, 2.75) is 18.9 Å². The average molecular weight is 205 g/mol. The molecule has 0 radical (unpaired) electrons. The van der Waals surface area contributed by atoms with E-state index < -0.39 is 0 Å². The molecule has 1 atom stereocenters. The number of alkyl halides is 1. The minimum Gasteiger partial charge on any atom is -0.455 e. The fourth-order valence-electron chi connectivity index (χ4n) is 0.847. The predicted molar refractivity (Wildman–Crippen MR) is 42.0 cm³/mol. The first-order valence-electron chi connectivity index (χ1n) is 3.27. The van der Waals surface area contributed by atoms with Crippen LogP contribution in [0.25, 0.3) is 0 Å². The second-order valence-corrected chi connectivity index (χ2v) is 2.96. The van der Waals surface area contributed by atoms with Crippen molar-refractivity contribution in [2.24, 2.45) is 0 Å². The van der Waals surface area contributed by atoms with Gasteiger partial charge in [-0.15, -0.1) is 0 Å². The average Bonchev–Trinajstić information content (AvgIpc) is 2.31. The third-order valence-electron chi connectivity index (χ3n) is 1.34. The number of rotatable bonds is 3. The van der Waals surface area contributed by atoms with Crippen LogP contribution in [0.4, 0.5) is 0 Å². The Morgan fingerprint density at radius 2 is 2.50 bits per heavy atom. The molecule has 3 heteroatoms. The molecule has 0 saturated heterocycles. The number of ether oxygens (including phenoxy) is 1. The molecular weight excluding hydrogens is 196 g/mol. The lowest BCUT2D eigenvalue weighted by atomic mass is 10.2. The Bertz CT molecular complexity index is 154. The smallest absolute Gasteiger partial charge is 0.331 e. The first-order valence-corrected chi connectivity index (χ1v) is 4.40. The van der Waals surface area contributed by atoms with Crippen molar-refractivity contribution in [1.29, 1.82) is 0 Å². The first-order chi connectivity index (χ1) is 4.83. The quantitative estimate of drug-likeness (QED) is 0.517. The molecule has 2 nitrogen and oxygen atoms in total. The van der Waals surface area contributed by atoms with Gasteiger partial charge in [0.1, 0.15) is 6.10 Å². The molecule has 1 aliphatic rings. The number of carbonyl (C=O) groups is 1. The highest BCUT2D eigenvalue weighted by atomic mass is 79.9. The molecule has 0 aliphatic carbocycles. The highest BCUT2D eigenvalue weighted by Crippen LogP contribution is 2.11. The van der Waals surface area contributed by atoms with E-state index in [9.17, 15) is 4.79 Å². The summed E-state index contributed by atoms with van der Waals surface area (Å²) in [5.74, 6) is -0.209. The van der Waals surface area contributed by atoms with Crippen LogP contribution in [0, 0.1) is 0 Å². The topological polar surface area (TPSA) is 26.3 Å². The maximum absolute atomic E-state index is 10.5. The molecule has 0 saturated carbocycles. The minimum atomic E-state index is -0.209. The Balaban J connectivity index is 2.20. The van der Waals surface area contributed by atoms with E-state index in [1.807, 2.05) is 6.08 Å². The SMILES string of the molecule is O=C1C=C[C@@H](CCCBr)O1. The summed E-state index contributed by atoms with van der Waals surface area (Å²) in [6.07, 6.45) is 5.30. The van der Waals surface area contributed by atoms with E-state index in [1.54, 1.807) is 0 Å². The zero-order valence-corrected chi connectivity index (χ0v) is 7.13. The number of hydrogen-bond acceptors (Lipinski definition) is 2. The first kappa shape index (κ1) is 7.79. The summed E-state index contributed by atoms with van der Waals surface area (Å²) in [5.41, 5.74) is 0. The molecule has 0 bridgehead atoms. The summed E-state index contributed by atoms with van der Waals surface area (Å²) in [5, 5.41) is 0.967. The Morgan fingerprint density at radius 3 is 3.00 bits per heavy atom. The summed E-state index contributed by atoms with van der Waals surface area (Å²) < 4.78 is 4.89. The van der Waals surface area contributed by atoms with Crippen molar-refractivity contribution in [2.75, 3.05) is 5.33 Å². The van der Waals surface area contributed by atoms with Crippen LogP contribution in [0.15, 0.2) is 12.2 Å². The summed E-state index contributed by atoms with van der Waals surface area (Å²) >= 11 is 3.31. The van der Waals surface area contributed by atoms with E-state index in [0.717, 1.165) is 18.2 Å². The van der Waals surface area contributed by atoms with Gasteiger partial charge < -0.3 is 4.74 Å². The summed E-state index contributed by atoms with van der Waals surface area (Å²) in [6.45, 7) is 0. The lowest BCUT2D eigenvalue weighted by Gasteiger charge is -2.05. The van der Waals surface area contributed by atoms with Gasteiger partial charge in [0.25, 0.3) is 0 Å². The molecule has 10 heavy (non-hydrogen) atoms. The van der Waals surface area contributed by atoms with Gasteiger partial charge in [0, 0.05) is 11.4 Å². The Morgan fingerprint density at radius 1 is 1.70 bits per heavy atom. The van der Waals surface area contributed by atoms with Crippen molar-refractivity contribution in [1.82, 2.24) is 0 Å². The van der Waals surface area contributed by atoms with E-state index in [-0.39, 0.29) is 12.1 Å². The molecule has 0 unspecified atom stereocenters. The van der Waals surface area contributed by atoms with Crippen LogP contribution < -0.4 is 0 Å². The number of halogens is 1. The van der Waals surface area contributed by atoms with Crippen molar-refractivity contribution in [3.05, 3.63) is 12.2 Å². The summed E-state index contributed by atoms with van der Waals surface area (Å²) in [6, 6.07) is 0. The molecule has 0 fully saturated rings. The molecule has 0 N–H and O–H groups in total. The summed E-state index contributed by atoms with van der Waals surface area (Å²) in [7, 11) is 0. The maximum atomic E-state index is 10.5. The fraction of sp³-hybridized carbons (Fsp3) is 0.571. The Kier molecular flexibility index (Phi) is 2.93. The van der Waals surface area contributed by atoms with Gasteiger partial charge in [0.2, 0.25) is 0 Å². The van der Waals surface area contributed by atoms with Gasteiger partial charge in [-0.3, -0.25) is 0 Å². The van der Waals surface area contributed by atoms with Crippen molar-refractivity contribution in [3.8, 4) is 0 Å². The van der Waals surface area contributed by atoms with Crippen molar-refractivity contribution >= 4 is 21.9 Å². The minimum absolute atomic E-state index is 0.0325. The Hall–Kier alpha value is -0.310. The standard InChI is InChI=1S/C7H9BrO2/c8-5-1-2-6-3-4-7(9)10-6/h3-4,6H,1-2,5H2/t6-/m1/s1. The molecule has 0 amide bonds. The zero-order chi connectivity index (χ0) is 7.40. The molecule has 1 heterocycles. The van der Waals surface area contributed by atoms with Gasteiger partial charge in [-0.25, -0.2) is 4.79 Å².